The highest BCUT2D eigenvalue weighted by molar-refractivity contribution is 7.09. The number of ether oxygens (including phenoxy) is 3. The second kappa shape index (κ2) is 10.5. The largest absolute Gasteiger partial charge is 0.493 e. The van der Waals surface area contributed by atoms with Gasteiger partial charge in [-0.3, -0.25) is 4.79 Å². The third-order valence-corrected chi connectivity index (χ3v) is 5.52. The Morgan fingerprint density at radius 2 is 1.90 bits per heavy atom. The average molecular weight is 428 g/mol. The standard InChI is InChI=1S/C23H25NO5S/c1-26-20-13-17(14-21(27-2)23(20)28-3)6-7-22(25)24(15-18-9-11-29-16-18)10-8-19-5-4-12-30-19/h4-7,9,11-14,16H,8,10,15H2,1-3H3. The quantitative estimate of drug-likeness (QED) is 0.441. The van der Waals surface area contributed by atoms with Crippen molar-refractivity contribution in [2.45, 2.75) is 13.0 Å². The normalized spacial score (nSPS) is 10.9. The summed E-state index contributed by atoms with van der Waals surface area (Å²) in [5.41, 5.74) is 1.73. The van der Waals surface area contributed by atoms with Gasteiger partial charge < -0.3 is 23.5 Å². The van der Waals surface area contributed by atoms with Crippen molar-refractivity contribution < 1.29 is 23.4 Å². The zero-order chi connectivity index (χ0) is 21.3. The van der Waals surface area contributed by atoms with Crippen LogP contribution in [-0.2, 0) is 17.8 Å². The van der Waals surface area contributed by atoms with E-state index in [1.807, 2.05) is 17.5 Å². The highest BCUT2D eigenvalue weighted by atomic mass is 32.1. The summed E-state index contributed by atoms with van der Waals surface area (Å²) in [6.45, 7) is 1.10. The number of hydrogen-bond acceptors (Lipinski definition) is 6. The van der Waals surface area contributed by atoms with Gasteiger partial charge in [-0.15, -0.1) is 11.3 Å². The molecule has 0 unspecified atom stereocenters. The molecule has 0 N–H and O–H groups in total. The van der Waals surface area contributed by atoms with Crippen molar-refractivity contribution in [2.75, 3.05) is 27.9 Å². The van der Waals surface area contributed by atoms with E-state index >= 15 is 0 Å². The zero-order valence-electron chi connectivity index (χ0n) is 17.3. The molecule has 3 rings (SSSR count). The van der Waals surface area contributed by atoms with Crippen LogP contribution in [0.25, 0.3) is 6.08 Å². The first kappa shape index (κ1) is 21.5. The van der Waals surface area contributed by atoms with Crippen molar-refractivity contribution in [3.63, 3.8) is 0 Å². The van der Waals surface area contributed by atoms with Gasteiger partial charge in [0.1, 0.15) is 0 Å². The summed E-state index contributed by atoms with van der Waals surface area (Å²) in [7, 11) is 4.68. The van der Waals surface area contributed by atoms with Crippen LogP contribution in [0.1, 0.15) is 16.0 Å². The molecule has 1 amide bonds. The minimum atomic E-state index is -0.0819. The van der Waals surface area contributed by atoms with Crippen molar-refractivity contribution >= 4 is 23.3 Å². The lowest BCUT2D eigenvalue weighted by atomic mass is 10.1. The first-order valence-corrected chi connectivity index (χ1v) is 10.3. The summed E-state index contributed by atoms with van der Waals surface area (Å²) in [5, 5.41) is 2.04. The topological polar surface area (TPSA) is 61.1 Å². The van der Waals surface area contributed by atoms with E-state index in [9.17, 15) is 4.79 Å². The Morgan fingerprint density at radius 1 is 1.13 bits per heavy atom. The fraction of sp³-hybridized carbons (Fsp3) is 0.261. The molecule has 6 nitrogen and oxygen atoms in total. The minimum absolute atomic E-state index is 0.0819. The van der Waals surface area contributed by atoms with Gasteiger partial charge in [0.15, 0.2) is 11.5 Å². The van der Waals surface area contributed by atoms with E-state index in [1.165, 1.54) is 4.88 Å². The van der Waals surface area contributed by atoms with Gasteiger partial charge >= 0.3 is 0 Å². The van der Waals surface area contributed by atoms with Crippen LogP contribution < -0.4 is 14.2 Å². The summed E-state index contributed by atoms with van der Waals surface area (Å²) in [4.78, 5) is 16.0. The molecule has 0 aliphatic heterocycles. The van der Waals surface area contributed by atoms with Crippen LogP contribution in [-0.4, -0.2) is 38.7 Å². The molecule has 0 radical (unpaired) electrons. The van der Waals surface area contributed by atoms with E-state index in [4.69, 9.17) is 18.6 Å². The Bertz CT molecular complexity index is 939. The number of thiophene rings is 1. The van der Waals surface area contributed by atoms with Crippen molar-refractivity contribution in [1.82, 2.24) is 4.90 Å². The first-order valence-electron chi connectivity index (χ1n) is 9.45. The van der Waals surface area contributed by atoms with Crippen LogP contribution >= 0.6 is 11.3 Å². The number of furan rings is 1. The van der Waals surface area contributed by atoms with E-state index in [1.54, 1.807) is 74.4 Å². The molecule has 158 valence electrons. The van der Waals surface area contributed by atoms with Gasteiger partial charge in [0, 0.05) is 29.6 Å². The van der Waals surface area contributed by atoms with E-state index in [-0.39, 0.29) is 5.91 Å². The predicted octanol–water partition coefficient (Wildman–Crippen LogP) is 4.65. The molecular weight excluding hydrogens is 402 g/mol. The van der Waals surface area contributed by atoms with Crippen LogP contribution in [0.15, 0.2) is 58.7 Å². The summed E-state index contributed by atoms with van der Waals surface area (Å²) >= 11 is 1.69. The highest BCUT2D eigenvalue weighted by Gasteiger charge is 2.15. The summed E-state index contributed by atoms with van der Waals surface area (Å²) in [6, 6.07) is 9.58. The van der Waals surface area contributed by atoms with Crippen molar-refractivity contribution in [2.24, 2.45) is 0 Å². The van der Waals surface area contributed by atoms with Gasteiger partial charge in [0.25, 0.3) is 0 Å². The number of carbonyl (C=O) groups is 1. The molecule has 30 heavy (non-hydrogen) atoms. The molecule has 0 saturated carbocycles. The lowest BCUT2D eigenvalue weighted by Gasteiger charge is -2.20. The van der Waals surface area contributed by atoms with E-state index in [2.05, 4.69) is 6.07 Å². The molecule has 2 aromatic heterocycles. The molecule has 3 aromatic rings. The SMILES string of the molecule is COc1cc(C=CC(=O)N(CCc2cccs2)Cc2ccoc2)cc(OC)c1OC. The van der Waals surface area contributed by atoms with E-state index < -0.39 is 0 Å². The van der Waals surface area contributed by atoms with Crippen molar-refractivity contribution in [1.29, 1.82) is 0 Å². The van der Waals surface area contributed by atoms with Gasteiger partial charge in [0.05, 0.1) is 33.9 Å². The summed E-state index contributed by atoms with van der Waals surface area (Å²) in [5.74, 6) is 1.51. The van der Waals surface area contributed by atoms with Crippen LogP contribution in [0.3, 0.4) is 0 Å². The molecule has 0 fully saturated rings. The summed E-state index contributed by atoms with van der Waals surface area (Å²) in [6.07, 6.45) is 7.39. The predicted molar refractivity (Wildman–Crippen MR) is 117 cm³/mol. The third-order valence-electron chi connectivity index (χ3n) is 4.58. The maximum Gasteiger partial charge on any atom is 0.246 e. The van der Waals surface area contributed by atoms with E-state index in [0.717, 1.165) is 17.5 Å². The molecular formula is C23H25NO5S. The number of hydrogen-bond donors (Lipinski definition) is 0. The lowest BCUT2D eigenvalue weighted by molar-refractivity contribution is -0.126. The number of carbonyl (C=O) groups excluding carboxylic acids is 1. The van der Waals surface area contributed by atoms with Crippen LogP contribution in [0.4, 0.5) is 0 Å². The first-order chi connectivity index (χ1) is 14.6. The molecule has 0 atom stereocenters. The van der Waals surface area contributed by atoms with Crippen LogP contribution in [0.5, 0.6) is 17.2 Å². The molecule has 0 spiro atoms. The fourth-order valence-corrected chi connectivity index (χ4v) is 3.74. The second-order valence-electron chi connectivity index (χ2n) is 6.51. The maximum absolute atomic E-state index is 13.0. The van der Waals surface area contributed by atoms with Gasteiger partial charge in [-0.2, -0.15) is 0 Å². The summed E-state index contributed by atoms with van der Waals surface area (Å²) < 4.78 is 21.3. The minimum Gasteiger partial charge on any atom is -0.493 e. The number of benzene rings is 1. The van der Waals surface area contributed by atoms with E-state index in [0.29, 0.717) is 30.3 Å². The van der Waals surface area contributed by atoms with Crippen molar-refractivity contribution in [3.8, 4) is 17.2 Å². The Hall–Kier alpha value is -3.19. The second-order valence-corrected chi connectivity index (χ2v) is 7.55. The molecule has 0 aliphatic carbocycles. The molecule has 0 bridgehead atoms. The number of nitrogens with zero attached hydrogens (tertiary/aromatic N) is 1. The van der Waals surface area contributed by atoms with Gasteiger partial charge in [-0.05, 0) is 47.7 Å². The van der Waals surface area contributed by atoms with Gasteiger partial charge in [-0.1, -0.05) is 6.07 Å². The highest BCUT2D eigenvalue weighted by Crippen LogP contribution is 2.38. The van der Waals surface area contributed by atoms with Crippen LogP contribution in [0.2, 0.25) is 0 Å². The lowest BCUT2D eigenvalue weighted by Crippen LogP contribution is -2.30. The van der Waals surface area contributed by atoms with Crippen molar-refractivity contribution in [3.05, 3.63) is 70.3 Å². The maximum atomic E-state index is 13.0. The van der Waals surface area contributed by atoms with Gasteiger partial charge in [0.2, 0.25) is 11.7 Å². The number of rotatable bonds is 10. The molecule has 1 aromatic carbocycles. The van der Waals surface area contributed by atoms with Crippen LogP contribution in [0, 0.1) is 0 Å². The Labute approximate surface area is 180 Å². The fourth-order valence-electron chi connectivity index (χ4n) is 3.04. The number of methoxy groups -OCH3 is 3. The molecule has 0 saturated heterocycles. The molecule has 2 heterocycles. The Kier molecular flexibility index (Phi) is 7.57. The average Bonchev–Trinajstić information content (AvgIpc) is 3.48. The molecule has 7 heteroatoms. The number of amides is 1. The Balaban J connectivity index is 1.77. The van der Waals surface area contributed by atoms with Gasteiger partial charge in [-0.25, -0.2) is 0 Å². The Morgan fingerprint density at radius 3 is 2.47 bits per heavy atom. The third kappa shape index (κ3) is 5.45. The smallest absolute Gasteiger partial charge is 0.246 e. The molecule has 0 aliphatic rings. The monoisotopic (exact) mass is 427 g/mol. The zero-order valence-corrected chi connectivity index (χ0v) is 18.1.